The summed E-state index contributed by atoms with van der Waals surface area (Å²) in [4.78, 5) is 34.6. The molecule has 9 nitrogen and oxygen atoms in total. The van der Waals surface area contributed by atoms with Gasteiger partial charge < -0.3 is 21.6 Å². The fourth-order valence-corrected chi connectivity index (χ4v) is 1.11. The van der Waals surface area contributed by atoms with Gasteiger partial charge in [-0.05, 0) is 6.42 Å². The van der Waals surface area contributed by atoms with Gasteiger partial charge in [-0.1, -0.05) is 0 Å². The Morgan fingerprint density at radius 1 is 1.42 bits per heavy atom. The number of aromatic amines is 1. The van der Waals surface area contributed by atoms with Crippen molar-refractivity contribution in [3.05, 3.63) is 18.9 Å². The van der Waals surface area contributed by atoms with Crippen LogP contribution in [0, 0.1) is 0 Å². The summed E-state index contributed by atoms with van der Waals surface area (Å²) >= 11 is 0. The summed E-state index contributed by atoms with van der Waals surface area (Å²) in [7, 11) is 0. The molecule has 0 aliphatic heterocycles. The van der Waals surface area contributed by atoms with Gasteiger partial charge in [0.1, 0.15) is 17.9 Å². The third-order valence-corrected chi connectivity index (χ3v) is 2.12. The average molecular weight is 266 g/mol. The maximum absolute atomic E-state index is 10.1. The predicted molar refractivity (Wildman–Crippen MR) is 65.7 cm³/mol. The van der Waals surface area contributed by atoms with Crippen molar-refractivity contribution in [1.29, 1.82) is 0 Å². The summed E-state index contributed by atoms with van der Waals surface area (Å²) in [6, 6.07) is -0.979. The average Bonchev–Trinajstić information content (AvgIpc) is 2.84. The SMILES string of the molecule is NC(=O)CC[C@H](N)C(=O)O.c1ncc2[nH]cnc2n1. The zero-order valence-electron chi connectivity index (χ0n) is 9.98. The molecule has 0 spiro atoms. The van der Waals surface area contributed by atoms with Crippen LogP contribution in [0.5, 0.6) is 0 Å². The molecule has 0 unspecified atom stereocenters. The number of imidazole rings is 1. The number of carboxylic acids is 1. The first kappa shape index (κ1) is 14.5. The van der Waals surface area contributed by atoms with E-state index in [-0.39, 0.29) is 12.8 Å². The second-order valence-electron chi connectivity index (χ2n) is 3.61. The number of aliphatic carboxylic acids is 1. The van der Waals surface area contributed by atoms with Gasteiger partial charge in [-0.15, -0.1) is 0 Å². The number of amides is 1. The molecule has 0 aliphatic rings. The Balaban J connectivity index is 0.000000190. The minimum Gasteiger partial charge on any atom is -0.480 e. The lowest BCUT2D eigenvalue weighted by atomic mass is 10.2. The highest BCUT2D eigenvalue weighted by molar-refractivity contribution is 5.77. The summed E-state index contributed by atoms with van der Waals surface area (Å²) in [6.45, 7) is 0. The third kappa shape index (κ3) is 5.08. The number of nitrogens with zero attached hydrogens (tertiary/aromatic N) is 3. The zero-order chi connectivity index (χ0) is 14.3. The molecule has 0 saturated heterocycles. The van der Waals surface area contributed by atoms with Crippen LogP contribution in [0.2, 0.25) is 0 Å². The van der Waals surface area contributed by atoms with Gasteiger partial charge in [-0.2, -0.15) is 0 Å². The van der Waals surface area contributed by atoms with Gasteiger partial charge in [-0.25, -0.2) is 15.0 Å². The highest BCUT2D eigenvalue weighted by atomic mass is 16.4. The number of rotatable bonds is 4. The molecule has 19 heavy (non-hydrogen) atoms. The van der Waals surface area contributed by atoms with Crippen molar-refractivity contribution >= 4 is 23.0 Å². The largest absolute Gasteiger partial charge is 0.480 e. The third-order valence-electron chi connectivity index (χ3n) is 2.12. The Bertz CT molecular complexity index is 525. The summed E-state index contributed by atoms with van der Waals surface area (Å²) in [5.74, 6) is -1.64. The van der Waals surface area contributed by atoms with Crippen LogP contribution in [0.25, 0.3) is 11.2 Å². The molecule has 1 atom stereocenters. The summed E-state index contributed by atoms with van der Waals surface area (Å²) in [5, 5.41) is 8.22. The van der Waals surface area contributed by atoms with E-state index in [0.717, 1.165) is 5.52 Å². The first-order chi connectivity index (χ1) is 9.00. The molecular formula is C10H14N6O3. The van der Waals surface area contributed by atoms with E-state index in [2.05, 4.69) is 19.9 Å². The molecule has 0 aliphatic carbocycles. The summed E-state index contributed by atoms with van der Waals surface area (Å²) < 4.78 is 0. The minimum absolute atomic E-state index is 0.0213. The summed E-state index contributed by atoms with van der Waals surface area (Å²) in [6.07, 6.45) is 4.88. The molecule has 2 aromatic rings. The fourth-order valence-electron chi connectivity index (χ4n) is 1.11. The molecule has 0 bridgehead atoms. The van der Waals surface area contributed by atoms with Crippen molar-refractivity contribution in [3.8, 4) is 0 Å². The second-order valence-corrected chi connectivity index (χ2v) is 3.61. The number of hydrogen-bond acceptors (Lipinski definition) is 6. The monoisotopic (exact) mass is 266 g/mol. The number of nitrogens with one attached hydrogen (secondary N) is 1. The standard InChI is InChI=1S/C5H4N4.C5H10N2O3/c1-4-5(8-2-6-1)9-3-7-4;6-3(5(9)10)1-2-4(7)8/h1-3H,(H,6,7,8,9);3H,1-2,6H2,(H2,7,8)(H,9,10)/t;3-/m.0/s1. The maximum Gasteiger partial charge on any atom is 0.320 e. The maximum atomic E-state index is 10.1. The van der Waals surface area contributed by atoms with Crippen LogP contribution in [0.3, 0.4) is 0 Å². The number of carbonyl (C=O) groups is 2. The topological polar surface area (TPSA) is 161 Å². The number of nitrogens with two attached hydrogens (primary N) is 2. The highest BCUT2D eigenvalue weighted by Crippen LogP contribution is 1.99. The van der Waals surface area contributed by atoms with Gasteiger partial charge in [0.25, 0.3) is 0 Å². The van der Waals surface area contributed by atoms with Crippen LogP contribution in [0.15, 0.2) is 18.9 Å². The van der Waals surface area contributed by atoms with Crippen molar-refractivity contribution < 1.29 is 14.7 Å². The first-order valence-electron chi connectivity index (χ1n) is 5.36. The molecule has 1 amide bonds. The Kier molecular flexibility index (Phi) is 5.35. The van der Waals surface area contributed by atoms with Crippen LogP contribution >= 0.6 is 0 Å². The van der Waals surface area contributed by atoms with E-state index in [1.807, 2.05) is 0 Å². The Morgan fingerprint density at radius 3 is 2.74 bits per heavy atom. The van der Waals surface area contributed by atoms with Crippen LogP contribution in [0.4, 0.5) is 0 Å². The smallest absolute Gasteiger partial charge is 0.320 e. The number of primary amides is 1. The lowest BCUT2D eigenvalue weighted by Crippen LogP contribution is -2.31. The Labute approximate surface area is 108 Å². The summed E-state index contributed by atoms with van der Waals surface area (Å²) in [5.41, 5.74) is 11.4. The number of aromatic nitrogens is 4. The molecule has 2 rings (SSSR count). The number of carbonyl (C=O) groups excluding carboxylic acids is 1. The lowest BCUT2D eigenvalue weighted by molar-refractivity contribution is -0.138. The zero-order valence-corrected chi connectivity index (χ0v) is 9.98. The van der Waals surface area contributed by atoms with Gasteiger partial charge in [0.05, 0.1) is 12.5 Å². The molecule has 0 saturated carbocycles. The van der Waals surface area contributed by atoms with E-state index in [1.165, 1.54) is 6.33 Å². The predicted octanol–water partition coefficient (Wildman–Crippen LogP) is -0.983. The molecule has 9 heteroatoms. The van der Waals surface area contributed by atoms with Gasteiger partial charge in [-0.3, -0.25) is 9.59 Å². The lowest BCUT2D eigenvalue weighted by Gasteiger charge is -2.01. The van der Waals surface area contributed by atoms with Crippen LogP contribution < -0.4 is 11.5 Å². The van der Waals surface area contributed by atoms with Gasteiger partial charge >= 0.3 is 5.97 Å². The molecule has 2 heterocycles. The van der Waals surface area contributed by atoms with E-state index in [9.17, 15) is 9.59 Å². The van der Waals surface area contributed by atoms with Crippen LogP contribution in [0.1, 0.15) is 12.8 Å². The molecular weight excluding hydrogens is 252 g/mol. The van der Waals surface area contributed by atoms with Crippen molar-refractivity contribution in [3.63, 3.8) is 0 Å². The molecule has 0 radical (unpaired) electrons. The minimum atomic E-state index is -1.11. The number of H-pyrrole nitrogens is 1. The molecule has 0 fully saturated rings. The van der Waals surface area contributed by atoms with Crippen LogP contribution in [-0.4, -0.2) is 43.0 Å². The van der Waals surface area contributed by atoms with Crippen molar-refractivity contribution in [2.75, 3.05) is 0 Å². The number of carboxylic acid groups (broad SMARTS) is 1. The van der Waals surface area contributed by atoms with E-state index < -0.39 is 17.9 Å². The number of hydrogen-bond donors (Lipinski definition) is 4. The highest BCUT2D eigenvalue weighted by Gasteiger charge is 2.11. The van der Waals surface area contributed by atoms with Gasteiger partial charge in [0, 0.05) is 6.42 Å². The van der Waals surface area contributed by atoms with Crippen molar-refractivity contribution in [2.24, 2.45) is 11.5 Å². The Hall–Kier alpha value is -2.55. The van der Waals surface area contributed by atoms with E-state index >= 15 is 0 Å². The second kappa shape index (κ2) is 7.01. The van der Waals surface area contributed by atoms with Gasteiger partial charge in [0.15, 0.2) is 5.65 Å². The molecule has 0 aromatic carbocycles. The van der Waals surface area contributed by atoms with E-state index in [4.69, 9.17) is 16.6 Å². The molecule has 2 aromatic heterocycles. The van der Waals surface area contributed by atoms with Crippen LogP contribution in [-0.2, 0) is 9.59 Å². The number of fused-ring (bicyclic) bond motifs is 1. The normalized spacial score (nSPS) is 11.4. The van der Waals surface area contributed by atoms with Crippen molar-refractivity contribution in [1.82, 2.24) is 19.9 Å². The first-order valence-corrected chi connectivity index (χ1v) is 5.36. The van der Waals surface area contributed by atoms with E-state index in [1.54, 1.807) is 12.5 Å². The molecule has 102 valence electrons. The van der Waals surface area contributed by atoms with Gasteiger partial charge in [0.2, 0.25) is 5.91 Å². The quantitative estimate of drug-likeness (QED) is 0.552. The van der Waals surface area contributed by atoms with Crippen molar-refractivity contribution in [2.45, 2.75) is 18.9 Å². The fraction of sp³-hybridized carbons (Fsp3) is 0.300. The molecule has 6 N–H and O–H groups in total. The Morgan fingerprint density at radius 2 is 2.16 bits per heavy atom. The van der Waals surface area contributed by atoms with E-state index in [0.29, 0.717) is 5.65 Å².